The molecule has 0 aliphatic rings. The fourth-order valence-corrected chi connectivity index (χ4v) is 3.77. The molecule has 0 aromatic heterocycles. The lowest BCUT2D eigenvalue weighted by molar-refractivity contribution is -0.115. The van der Waals surface area contributed by atoms with E-state index in [9.17, 15) is 30.7 Å². The van der Waals surface area contributed by atoms with Crippen molar-refractivity contribution >= 4 is 44.0 Å². The molecule has 2 aromatic carbocycles. The molecule has 0 saturated heterocycles. The average molecular weight is 426 g/mol. The van der Waals surface area contributed by atoms with Crippen molar-refractivity contribution in [2.75, 3.05) is 18.9 Å². The number of likely N-dealkylation sites (N-methyl/N-ethyl adjacent to an activating group) is 1. The van der Waals surface area contributed by atoms with Gasteiger partial charge in [-0.2, -0.15) is 16.8 Å². The molecule has 0 heterocycles. The number of benzene rings is 2. The Morgan fingerprint density at radius 2 is 1.50 bits per heavy atom. The number of amides is 1. The van der Waals surface area contributed by atoms with E-state index in [1.165, 1.54) is 42.5 Å². The Kier molecular flexibility index (Phi) is 6.69. The quantitative estimate of drug-likeness (QED) is 0.384. The third kappa shape index (κ3) is 5.71. The minimum Gasteiger partial charge on any atom is -0.325 e. The molecule has 1 amide bonds. The van der Waals surface area contributed by atoms with Crippen molar-refractivity contribution < 1.29 is 30.7 Å². The molecule has 4 N–H and O–H groups in total. The number of anilines is 1. The van der Waals surface area contributed by atoms with Crippen molar-refractivity contribution in [2.24, 2.45) is 0 Å². The van der Waals surface area contributed by atoms with E-state index in [0.717, 1.165) is 6.07 Å². The van der Waals surface area contributed by atoms with Gasteiger partial charge in [0.1, 0.15) is 9.79 Å². The Balaban J connectivity index is 2.47. The predicted molar refractivity (Wildman–Crippen MR) is 104 cm³/mol. The largest absolute Gasteiger partial charge is 0.325 e. The zero-order valence-electron chi connectivity index (χ0n) is 14.7. The third-order valence-electron chi connectivity index (χ3n) is 3.55. The standard InChI is InChI=1S/C17H18N2O7S2/c1-18-11-17(20)19-14-9-8-13(16(10-14)28(24,25)26)7-6-12-4-2-3-5-15(12)27(21,22)23/h2-10,18H,11H2,1H3,(H,19,20)(H,21,22,23)(H,24,25,26). The van der Waals surface area contributed by atoms with Crippen LogP contribution in [0.25, 0.3) is 12.2 Å². The molecule has 2 rings (SSSR count). The highest BCUT2D eigenvalue weighted by molar-refractivity contribution is 7.86. The average Bonchev–Trinajstić information content (AvgIpc) is 2.59. The SMILES string of the molecule is CNCC(=O)Nc1ccc(C=Cc2ccccc2S(=O)(=O)O)c(S(=O)(=O)O)c1. The van der Waals surface area contributed by atoms with Gasteiger partial charge in [-0.3, -0.25) is 13.9 Å². The van der Waals surface area contributed by atoms with E-state index in [2.05, 4.69) is 10.6 Å². The molecule has 0 fully saturated rings. The van der Waals surface area contributed by atoms with Crippen molar-refractivity contribution in [3.8, 4) is 0 Å². The fourth-order valence-electron chi connectivity index (χ4n) is 2.37. The van der Waals surface area contributed by atoms with Crippen molar-refractivity contribution in [3.05, 3.63) is 53.6 Å². The number of hydrogen-bond donors (Lipinski definition) is 4. The summed E-state index contributed by atoms with van der Waals surface area (Å²) in [6.07, 6.45) is 2.55. The molecule has 0 saturated carbocycles. The number of rotatable bonds is 7. The van der Waals surface area contributed by atoms with Crippen LogP contribution in [0.15, 0.2) is 52.3 Å². The summed E-state index contributed by atoms with van der Waals surface area (Å²) in [6.45, 7) is 0.00921. The van der Waals surface area contributed by atoms with Gasteiger partial charge in [-0.1, -0.05) is 36.4 Å². The van der Waals surface area contributed by atoms with Crippen LogP contribution in [0.4, 0.5) is 5.69 Å². The first kappa shape index (κ1) is 21.7. The highest BCUT2D eigenvalue weighted by atomic mass is 32.2. The summed E-state index contributed by atoms with van der Waals surface area (Å²) in [6, 6.07) is 9.42. The molecule has 150 valence electrons. The topological polar surface area (TPSA) is 150 Å². The summed E-state index contributed by atoms with van der Waals surface area (Å²) in [5, 5.41) is 5.11. The van der Waals surface area contributed by atoms with Gasteiger partial charge in [0.2, 0.25) is 5.91 Å². The second kappa shape index (κ2) is 8.63. The lowest BCUT2D eigenvalue weighted by Gasteiger charge is -2.09. The molecule has 0 unspecified atom stereocenters. The number of carbonyl (C=O) groups excluding carboxylic acids is 1. The van der Waals surface area contributed by atoms with Crippen LogP contribution in [0, 0.1) is 0 Å². The minimum atomic E-state index is -4.63. The van der Waals surface area contributed by atoms with Gasteiger partial charge < -0.3 is 10.6 Å². The highest BCUT2D eigenvalue weighted by Gasteiger charge is 2.17. The van der Waals surface area contributed by atoms with Gasteiger partial charge in [-0.05, 0) is 36.4 Å². The molecule has 0 spiro atoms. The summed E-state index contributed by atoms with van der Waals surface area (Å²) in [5.74, 6) is -0.408. The maximum atomic E-state index is 11.7. The zero-order valence-corrected chi connectivity index (χ0v) is 16.3. The van der Waals surface area contributed by atoms with Gasteiger partial charge in [0, 0.05) is 5.69 Å². The van der Waals surface area contributed by atoms with Crippen LogP contribution in [0.2, 0.25) is 0 Å². The molecule has 11 heteroatoms. The first-order valence-electron chi connectivity index (χ1n) is 7.83. The monoisotopic (exact) mass is 426 g/mol. The van der Waals surface area contributed by atoms with Gasteiger partial charge in [-0.15, -0.1) is 0 Å². The molecule has 0 radical (unpaired) electrons. The first-order chi connectivity index (χ1) is 13.0. The van der Waals surface area contributed by atoms with Gasteiger partial charge in [0.15, 0.2) is 0 Å². The summed E-state index contributed by atoms with van der Waals surface area (Å²) in [5.41, 5.74) is 0.334. The minimum absolute atomic E-state index is 0.00921. The molecular formula is C17H18N2O7S2. The van der Waals surface area contributed by atoms with E-state index in [0.29, 0.717) is 0 Å². The predicted octanol–water partition coefficient (Wildman–Crippen LogP) is 1.51. The lowest BCUT2D eigenvalue weighted by atomic mass is 10.1. The molecule has 0 bridgehead atoms. The molecule has 2 aromatic rings. The van der Waals surface area contributed by atoms with Crippen molar-refractivity contribution in [1.82, 2.24) is 5.32 Å². The molecule has 9 nitrogen and oxygen atoms in total. The van der Waals surface area contributed by atoms with E-state index in [4.69, 9.17) is 0 Å². The van der Waals surface area contributed by atoms with Gasteiger partial charge in [0.25, 0.3) is 20.2 Å². The van der Waals surface area contributed by atoms with Crippen LogP contribution < -0.4 is 10.6 Å². The summed E-state index contributed by atoms with van der Waals surface area (Å²) in [4.78, 5) is 10.8. The van der Waals surface area contributed by atoms with E-state index in [1.54, 1.807) is 13.1 Å². The molecule has 0 aliphatic carbocycles. The molecule has 0 aliphatic heterocycles. The van der Waals surface area contributed by atoms with Crippen LogP contribution in [-0.4, -0.2) is 45.4 Å². The first-order valence-corrected chi connectivity index (χ1v) is 10.7. The Hall–Kier alpha value is -2.57. The molecule has 0 atom stereocenters. The maximum Gasteiger partial charge on any atom is 0.295 e. The van der Waals surface area contributed by atoms with Crippen LogP contribution >= 0.6 is 0 Å². The Bertz CT molecular complexity index is 1120. The second-order valence-corrected chi connectivity index (χ2v) is 8.43. The van der Waals surface area contributed by atoms with Crippen LogP contribution in [0.1, 0.15) is 11.1 Å². The highest BCUT2D eigenvalue weighted by Crippen LogP contribution is 2.24. The number of carbonyl (C=O) groups is 1. The van der Waals surface area contributed by atoms with Crippen LogP contribution in [-0.2, 0) is 25.0 Å². The lowest BCUT2D eigenvalue weighted by Crippen LogP contribution is -2.25. The summed E-state index contributed by atoms with van der Waals surface area (Å²) in [7, 11) is -7.54. The van der Waals surface area contributed by atoms with Gasteiger partial charge in [0.05, 0.1) is 6.54 Å². The van der Waals surface area contributed by atoms with Crippen LogP contribution in [0.5, 0.6) is 0 Å². The van der Waals surface area contributed by atoms with E-state index in [1.807, 2.05) is 0 Å². The smallest absolute Gasteiger partial charge is 0.295 e. The second-order valence-electron chi connectivity index (χ2n) is 5.65. The van der Waals surface area contributed by atoms with Crippen molar-refractivity contribution in [2.45, 2.75) is 9.79 Å². The molecule has 28 heavy (non-hydrogen) atoms. The Labute approximate surface area is 162 Å². The number of hydrogen-bond acceptors (Lipinski definition) is 6. The third-order valence-corrected chi connectivity index (χ3v) is 5.39. The van der Waals surface area contributed by atoms with E-state index < -0.39 is 31.0 Å². The summed E-state index contributed by atoms with van der Waals surface area (Å²) >= 11 is 0. The number of nitrogens with one attached hydrogen (secondary N) is 2. The summed E-state index contributed by atoms with van der Waals surface area (Å²) < 4.78 is 65.1. The fraction of sp³-hybridized carbons (Fsp3) is 0.118. The van der Waals surface area contributed by atoms with Crippen molar-refractivity contribution in [1.29, 1.82) is 0 Å². The maximum absolute atomic E-state index is 11.7. The van der Waals surface area contributed by atoms with Crippen molar-refractivity contribution in [3.63, 3.8) is 0 Å². The van der Waals surface area contributed by atoms with Gasteiger partial charge in [-0.25, -0.2) is 0 Å². The normalized spacial score (nSPS) is 12.2. The Morgan fingerprint density at radius 3 is 2.07 bits per heavy atom. The Morgan fingerprint density at radius 1 is 0.929 bits per heavy atom. The van der Waals surface area contributed by atoms with E-state index in [-0.39, 0.29) is 28.3 Å². The van der Waals surface area contributed by atoms with E-state index >= 15 is 0 Å². The zero-order chi connectivity index (χ0) is 20.9. The van der Waals surface area contributed by atoms with Gasteiger partial charge >= 0.3 is 0 Å². The molecular weight excluding hydrogens is 408 g/mol. The van der Waals surface area contributed by atoms with Crippen LogP contribution in [0.3, 0.4) is 0 Å².